The van der Waals surface area contributed by atoms with Crippen molar-refractivity contribution >= 4 is 17.5 Å². The second kappa shape index (κ2) is 4.67. The molecular weight excluding hydrogens is 190 g/mol. The van der Waals surface area contributed by atoms with Gasteiger partial charge in [0.05, 0.1) is 6.20 Å². The lowest BCUT2D eigenvalue weighted by molar-refractivity contribution is 0.349. The maximum absolute atomic E-state index is 5.78. The number of hydrogen-bond donors (Lipinski definition) is 1. The molecule has 0 amide bonds. The van der Waals surface area contributed by atoms with E-state index < -0.39 is 0 Å². The maximum Gasteiger partial charge on any atom is 0.237 e. The lowest BCUT2D eigenvalue weighted by atomic mass is 10.6. The van der Waals surface area contributed by atoms with Gasteiger partial charge in [-0.15, -0.1) is 0 Å². The van der Waals surface area contributed by atoms with Crippen molar-refractivity contribution in [1.29, 1.82) is 0 Å². The summed E-state index contributed by atoms with van der Waals surface area (Å²) in [7, 11) is 1.72. The van der Waals surface area contributed by atoms with Gasteiger partial charge in [-0.2, -0.15) is 4.98 Å². The molecule has 0 saturated heterocycles. The summed E-state index contributed by atoms with van der Waals surface area (Å²) < 4.78 is 5.19. The van der Waals surface area contributed by atoms with E-state index in [1.165, 1.54) is 6.20 Å². The zero-order chi connectivity index (χ0) is 9.68. The molecule has 0 aliphatic carbocycles. The third-order valence-electron chi connectivity index (χ3n) is 1.27. The molecule has 0 spiro atoms. The number of nitrogens with one attached hydrogen (secondary N) is 1. The highest BCUT2D eigenvalue weighted by molar-refractivity contribution is 6.31. The molecule has 0 fully saturated rings. The normalized spacial score (nSPS) is 9.38. The van der Waals surface area contributed by atoms with E-state index in [-0.39, 0.29) is 0 Å². The van der Waals surface area contributed by atoms with E-state index in [4.69, 9.17) is 16.3 Å². The second-order valence-corrected chi connectivity index (χ2v) is 2.60. The molecule has 1 N–H and O–H groups in total. The molecule has 0 aromatic carbocycles. The smallest absolute Gasteiger partial charge is 0.237 e. The molecule has 0 saturated carbocycles. The van der Waals surface area contributed by atoms with Gasteiger partial charge in [0.15, 0.2) is 0 Å². The topological polar surface area (TPSA) is 47.0 Å². The molecular formula is C8H10ClN3O. The van der Waals surface area contributed by atoms with E-state index in [9.17, 15) is 0 Å². The van der Waals surface area contributed by atoms with Crippen LogP contribution >= 0.6 is 11.6 Å². The number of nitrogens with zero attached hydrogens (tertiary/aromatic N) is 2. The summed E-state index contributed by atoms with van der Waals surface area (Å²) >= 11 is 5.78. The molecule has 1 heterocycles. The first-order chi connectivity index (χ1) is 6.27. The van der Waals surface area contributed by atoms with Crippen LogP contribution in [0.1, 0.15) is 0 Å². The molecule has 0 aliphatic heterocycles. The van der Waals surface area contributed by atoms with Gasteiger partial charge in [0.2, 0.25) is 11.8 Å². The Morgan fingerprint density at radius 2 is 2.54 bits per heavy atom. The lowest BCUT2D eigenvalue weighted by Crippen LogP contribution is -2.01. The van der Waals surface area contributed by atoms with Crippen LogP contribution in [-0.4, -0.2) is 23.6 Å². The largest absolute Gasteiger partial charge is 0.472 e. The van der Waals surface area contributed by atoms with E-state index in [1.54, 1.807) is 13.1 Å². The lowest BCUT2D eigenvalue weighted by Gasteiger charge is -2.05. The van der Waals surface area contributed by atoms with E-state index in [1.807, 2.05) is 0 Å². The van der Waals surface area contributed by atoms with E-state index in [0.717, 1.165) is 0 Å². The van der Waals surface area contributed by atoms with Crippen LogP contribution in [0.2, 0.25) is 5.02 Å². The minimum Gasteiger partial charge on any atom is -0.472 e. The third kappa shape index (κ3) is 2.59. The fourth-order valence-electron chi connectivity index (χ4n) is 0.711. The van der Waals surface area contributed by atoms with Crippen LogP contribution in [0.15, 0.2) is 18.9 Å². The second-order valence-electron chi connectivity index (χ2n) is 2.20. The van der Waals surface area contributed by atoms with Gasteiger partial charge in [-0.05, 0) is 0 Å². The van der Waals surface area contributed by atoms with Gasteiger partial charge in [0, 0.05) is 7.05 Å². The molecule has 0 bridgehead atoms. The van der Waals surface area contributed by atoms with Crippen molar-refractivity contribution in [3.05, 3.63) is 23.9 Å². The molecule has 1 aromatic rings. The highest BCUT2D eigenvalue weighted by atomic mass is 35.5. The number of anilines is 1. The minimum absolute atomic E-state index is 0.362. The first-order valence-electron chi connectivity index (χ1n) is 3.72. The number of aromatic nitrogens is 2. The Balaban J connectivity index is 2.83. The SMILES string of the molecule is C=CCOc1nc(NC)ncc1Cl. The third-order valence-corrected chi connectivity index (χ3v) is 1.53. The summed E-state index contributed by atoms with van der Waals surface area (Å²) in [5.74, 6) is 0.837. The van der Waals surface area contributed by atoms with Gasteiger partial charge < -0.3 is 10.1 Å². The Kier molecular flexibility index (Phi) is 3.52. The van der Waals surface area contributed by atoms with Crippen molar-refractivity contribution in [1.82, 2.24) is 9.97 Å². The highest BCUT2D eigenvalue weighted by Crippen LogP contribution is 2.21. The predicted octanol–water partition coefficient (Wildman–Crippen LogP) is 1.74. The molecule has 1 rings (SSSR count). The van der Waals surface area contributed by atoms with E-state index in [2.05, 4.69) is 21.9 Å². The van der Waals surface area contributed by atoms with Crippen molar-refractivity contribution in [2.45, 2.75) is 0 Å². The van der Waals surface area contributed by atoms with Crippen molar-refractivity contribution in [3.8, 4) is 5.88 Å². The number of hydrogen-bond acceptors (Lipinski definition) is 4. The summed E-state index contributed by atoms with van der Waals surface area (Å²) in [5, 5.41) is 3.17. The minimum atomic E-state index is 0.362. The van der Waals surface area contributed by atoms with Crippen molar-refractivity contribution in [2.75, 3.05) is 19.0 Å². The Hall–Kier alpha value is -1.29. The van der Waals surface area contributed by atoms with Crippen LogP contribution in [0.3, 0.4) is 0 Å². The number of rotatable bonds is 4. The first-order valence-corrected chi connectivity index (χ1v) is 4.09. The van der Waals surface area contributed by atoms with Crippen LogP contribution in [0.4, 0.5) is 5.95 Å². The molecule has 0 aliphatic rings. The van der Waals surface area contributed by atoms with Gasteiger partial charge >= 0.3 is 0 Å². The summed E-state index contributed by atoms with van der Waals surface area (Å²) in [6.07, 6.45) is 3.11. The standard InChI is InChI=1S/C8H10ClN3O/c1-3-4-13-7-6(9)5-11-8(10-2)12-7/h3,5H,1,4H2,2H3,(H,10,11,12). The average Bonchev–Trinajstić information content (AvgIpc) is 2.17. The van der Waals surface area contributed by atoms with Gasteiger partial charge in [-0.1, -0.05) is 24.3 Å². The fourth-order valence-corrected chi connectivity index (χ4v) is 0.857. The Morgan fingerprint density at radius 1 is 1.77 bits per heavy atom. The van der Waals surface area contributed by atoms with Crippen LogP contribution < -0.4 is 10.1 Å². The van der Waals surface area contributed by atoms with Crippen LogP contribution in [0, 0.1) is 0 Å². The fraction of sp³-hybridized carbons (Fsp3) is 0.250. The first kappa shape index (κ1) is 9.80. The zero-order valence-electron chi connectivity index (χ0n) is 7.25. The molecule has 13 heavy (non-hydrogen) atoms. The zero-order valence-corrected chi connectivity index (χ0v) is 8.01. The maximum atomic E-state index is 5.78. The monoisotopic (exact) mass is 199 g/mol. The molecule has 1 aromatic heterocycles. The average molecular weight is 200 g/mol. The van der Waals surface area contributed by atoms with Gasteiger partial charge in [-0.25, -0.2) is 4.98 Å². The summed E-state index contributed by atoms with van der Waals surface area (Å²) in [6, 6.07) is 0. The predicted molar refractivity (Wildman–Crippen MR) is 52.3 cm³/mol. The molecule has 4 nitrogen and oxygen atoms in total. The van der Waals surface area contributed by atoms with Crippen molar-refractivity contribution in [3.63, 3.8) is 0 Å². The van der Waals surface area contributed by atoms with Gasteiger partial charge in [-0.3, -0.25) is 0 Å². The molecule has 0 radical (unpaired) electrons. The number of ether oxygens (including phenoxy) is 1. The Labute approximate surface area is 81.6 Å². The van der Waals surface area contributed by atoms with Crippen LogP contribution in [0.5, 0.6) is 5.88 Å². The van der Waals surface area contributed by atoms with Crippen LogP contribution in [0.25, 0.3) is 0 Å². The van der Waals surface area contributed by atoms with Crippen LogP contribution in [-0.2, 0) is 0 Å². The molecule has 5 heteroatoms. The van der Waals surface area contributed by atoms with E-state index >= 15 is 0 Å². The number of halogens is 1. The molecule has 70 valence electrons. The van der Waals surface area contributed by atoms with E-state index in [0.29, 0.717) is 23.5 Å². The molecule has 0 unspecified atom stereocenters. The summed E-state index contributed by atoms with van der Waals surface area (Å²) in [6.45, 7) is 3.90. The van der Waals surface area contributed by atoms with Gasteiger partial charge in [0.1, 0.15) is 11.6 Å². The quantitative estimate of drug-likeness (QED) is 0.751. The summed E-state index contributed by atoms with van der Waals surface area (Å²) in [4.78, 5) is 7.91. The van der Waals surface area contributed by atoms with Gasteiger partial charge in [0.25, 0.3) is 0 Å². The molecule has 0 atom stereocenters. The Bertz CT molecular complexity index is 303. The van der Waals surface area contributed by atoms with Crippen molar-refractivity contribution < 1.29 is 4.74 Å². The Morgan fingerprint density at radius 3 is 3.15 bits per heavy atom. The summed E-state index contributed by atoms with van der Waals surface area (Å²) in [5.41, 5.74) is 0. The van der Waals surface area contributed by atoms with Crippen molar-refractivity contribution in [2.24, 2.45) is 0 Å². The highest BCUT2D eigenvalue weighted by Gasteiger charge is 2.04.